The molecule has 1 aromatic rings. The Hall–Kier alpha value is -0.660. The van der Waals surface area contributed by atoms with Crippen LogP contribution in [0.25, 0.3) is 0 Å². The molecule has 0 bridgehead atoms. The summed E-state index contributed by atoms with van der Waals surface area (Å²) in [5.74, 6) is -0.633. The lowest BCUT2D eigenvalue weighted by Crippen LogP contribution is -2.42. The molecule has 0 spiro atoms. The summed E-state index contributed by atoms with van der Waals surface area (Å²) >= 11 is 3.10. The minimum atomic E-state index is -3.68. The van der Waals surface area contributed by atoms with Gasteiger partial charge in [-0.3, -0.25) is 0 Å². The van der Waals surface area contributed by atoms with Gasteiger partial charge in [-0.25, -0.2) is 12.8 Å². The van der Waals surface area contributed by atoms with Gasteiger partial charge in [-0.1, -0.05) is 0 Å². The highest BCUT2D eigenvalue weighted by atomic mass is 79.9. The summed E-state index contributed by atoms with van der Waals surface area (Å²) in [7, 11) is -3.68. The van der Waals surface area contributed by atoms with E-state index in [4.69, 9.17) is 5.73 Å². The van der Waals surface area contributed by atoms with Crippen molar-refractivity contribution >= 4 is 31.6 Å². The number of rotatable bonds is 2. The first-order valence-electron chi connectivity index (χ1n) is 5.93. The normalized spacial score (nSPS) is 19.8. The van der Waals surface area contributed by atoms with Crippen LogP contribution in [0, 0.1) is 5.82 Å². The summed E-state index contributed by atoms with van der Waals surface area (Å²) in [6.45, 7) is 4.25. The second kappa shape index (κ2) is 4.71. The Labute approximate surface area is 121 Å². The fourth-order valence-electron chi connectivity index (χ4n) is 2.39. The highest BCUT2D eigenvalue weighted by Crippen LogP contribution is 2.37. The second-order valence-corrected chi connectivity index (χ2v) is 7.98. The van der Waals surface area contributed by atoms with Crippen LogP contribution in [0.15, 0.2) is 21.5 Å². The molecule has 106 valence electrons. The smallest absolute Gasteiger partial charge is 0.244 e. The number of anilines is 1. The molecule has 1 aliphatic heterocycles. The van der Waals surface area contributed by atoms with Gasteiger partial charge in [0.05, 0.1) is 10.6 Å². The number of sulfonamides is 1. The molecule has 7 heteroatoms. The van der Waals surface area contributed by atoms with Gasteiger partial charge in [0.15, 0.2) is 0 Å². The minimum absolute atomic E-state index is 0.0152. The predicted molar refractivity (Wildman–Crippen MR) is 75.7 cm³/mol. The lowest BCUT2D eigenvalue weighted by Gasteiger charge is -2.30. The molecule has 0 atom stereocenters. The zero-order valence-corrected chi connectivity index (χ0v) is 13.2. The van der Waals surface area contributed by atoms with Crippen LogP contribution in [-0.4, -0.2) is 24.8 Å². The van der Waals surface area contributed by atoms with E-state index in [9.17, 15) is 12.8 Å². The number of hydrogen-bond donors (Lipinski definition) is 1. The molecule has 2 rings (SSSR count). The van der Waals surface area contributed by atoms with Gasteiger partial charge in [0.25, 0.3) is 0 Å². The zero-order valence-electron chi connectivity index (χ0n) is 10.8. The lowest BCUT2D eigenvalue weighted by molar-refractivity contribution is 0.291. The van der Waals surface area contributed by atoms with Crippen LogP contribution in [0.2, 0.25) is 0 Å². The number of nitrogens with two attached hydrogens (primary N) is 1. The molecule has 1 saturated heterocycles. The molecule has 1 aromatic carbocycles. The molecular weight excluding hydrogens is 335 g/mol. The van der Waals surface area contributed by atoms with Crippen LogP contribution in [0.4, 0.5) is 10.1 Å². The minimum Gasteiger partial charge on any atom is -0.396 e. The molecule has 0 saturated carbocycles. The molecule has 0 aromatic heterocycles. The third kappa shape index (κ3) is 2.51. The molecule has 4 nitrogen and oxygen atoms in total. The molecule has 0 amide bonds. The molecule has 19 heavy (non-hydrogen) atoms. The van der Waals surface area contributed by atoms with Gasteiger partial charge in [-0.2, -0.15) is 4.31 Å². The fraction of sp³-hybridized carbons (Fsp3) is 0.500. The van der Waals surface area contributed by atoms with Crippen LogP contribution in [0.3, 0.4) is 0 Å². The number of nitrogens with zero attached hydrogens (tertiary/aromatic N) is 1. The highest BCUT2D eigenvalue weighted by Gasteiger charge is 2.41. The Morgan fingerprint density at radius 2 is 2.05 bits per heavy atom. The molecule has 2 N–H and O–H groups in total. The van der Waals surface area contributed by atoms with Gasteiger partial charge in [-0.15, -0.1) is 0 Å². The molecular formula is C12H16BrFN2O2S. The summed E-state index contributed by atoms with van der Waals surface area (Å²) in [6.07, 6.45) is 1.63. The largest absolute Gasteiger partial charge is 0.396 e. The van der Waals surface area contributed by atoms with E-state index >= 15 is 0 Å². The maximum atomic E-state index is 13.3. The van der Waals surface area contributed by atoms with E-state index in [1.807, 2.05) is 13.8 Å². The summed E-state index contributed by atoms with van der Waals surface area (Å²) in [6, 6.07) is 2.26. The number of hydrogen-bond acceptors (Lipinski definition) is 3. The highest BCUT2D eigenvalue weighted by molar-refractivity contribution is 9.10. The van der Waals surface area contributed by atoms with Gasteiger partial charge in [-0.05, 0) is 54.8 Å². The summed E-state index contributed by atoms with van der Waals surface area (Å²) in [5, 5.41) is 0. The van der Waals surface area contributed by atoms with Gasteiger partial charge in [0, 0.05) is 16.6 Å². The molecule has 0 radical (unpaired) electrons. The van der Waals surface area contributed by atoms with Crippen molar-refractivity contribution in [2.75, 3.05) is 12.3 Å². The third-order valence-electron chi connectivity index (χ3n) is 3.44. The van der Waals surface area contributed by atoms with Gasteiger partial charge < -0.3 is 5.73 Å². The summed E-state index contributed by atoms with van der Waals surface area (Å²) in [5.41, 5.74) is 4.88. The van der Waals surface area contributed by atoms with Crippen LogP contribution in [0.5, 0.6) is 0 Å². The van der Waals surface area contributed by atoms with Crippen LogP contribution in [0.1, 0.15) is 26.7 Å². The van der Waals surface area contributed by atoms with Crippen molar-refractivity contribution in [3.8, 4) is 0 Å². The Kier molecular flexibility index (Phi) is 3.66. The van der Waals surface area contributed by atoms with Gasteiger partial charge in [0.2, 0.25) is 10.0 Å². The van der Waals surface area contributed by atoms with E-state index in [-0.39, 0.29) is 15.1 Å². The first-order valence-corrected chi connectivity index (χ1v) is 8.17. The molecule has 1 heterocycles. The van der Waals surface area contributed by atoms with E-state index in [1.54, 1.807) is 0 Å². The maximum absolute atomic E-state index is 13.3. The number of halogens is 2. The third-order valence-corrected chi connectivity index (χ3v) is 6.51. The van der Waals surface area contributed by atoms with E-state index in [0.717, 1.165) is 18.9 Å². The standard InChI is InChI=1S/C12H16BrFN2O2S/c1-12(2)4-3-5-16(12)19(17,18)11-7-10(15)9(14)6-8(11)13/h6-7H,3-5,15H2,1-2H3. The van der Waals surface area contributed by atoms with Crippen molar-refractivity contribution in [2.45, 2.75) is 37.1 Å². The van der Waals surface area contributed by atoms with E-state index < -0.39 is 21.4 Å². The first kappa shape index (κ1) is 14.7. The quantitative estimate of drug-likeness (QED) is 0.834. The fourth-order valence-corrected chi connectivity index (χ4v) is 5.25. The van der Waals surface area contributed by atoms with Crippen LogP contribution in [-0.2, 0) is 10.0 Å². The van der Waals surface area contributed by atoms with E-state index in [1.165, 1.54) is 10.4 Å². The van der Waals surface area contributed by atoms with Gasteiger partial charge >= 0.3 is 0 Å². The SMILES string of the molecule is CC1(C)CCCN1S(=O)(=O)c1cc(N)c(F)cc1Br. The van der Waals surface area contributed by atoms with Crippen molar-refractivity contribution in [1.82, 2.24) is 4.31 Å². The molecule has 0 aliphatic carbocycles. The van der Waals surface area contributed by atoms with Crippen molar-refractivity contribution in [3.05, 3.63) is 22.4 Å². The van der Waals surface area contributed by atoms with Crippen LogP contribution < -0.4 is 5.73 Å². The van der Waals surface area contributed by atoms with Crippen LogP contribution >= 0.6 is 15.9 Å². The summed E-state index contributed by atoms with van der Waals surface area (Å²) in [4.78, 5) is 0.0152. The topological polar surface area (TPSA) is 63.4 Å². The second-order valence-electron chi connectivity index (χ2n) is 5.30. The number of benzene rings is 1. The Bertz CT molecular complexity index is 616. The average molecular weight is 351 g/mol. The van der Waals surface area contributed by atoms with E-state index in [2.05, 4.69) is 15.9 Å². The van der Waals surface area contributed by atoms with E-state index in [0.29, 0.717) is 6.54 Å². The van der Waals surface area contributed by atoms with Crippen molar-refractivity contribution < 1.29 is 12.8 Å². The Morgan fingerprint density at radius 3 is 2.58 bits per heavy atom. The maximum Gasteiger partial charge on any atom is 0.244 e. The van der Waals surface area contributed by atoms with Crippen molar-refractivity contribution in [1.29, 1.82) is 0 Å². The number of nitrogen functional groups attached to an aromatic ring is 1. The zero-order chi connectivity index (χ0) is 14.4. The molecule has 0 unspecified atom stereocenters. The molecule has 1 fully saturated rings. The average Bonchev–Trinajstić information content (AvgIpc) is 2.63. The summed E-state index contributed by atoms with van der Waals surface area (Å²) < 4.78 is 40.3. The molecule has 1 aliphatic rings. The Balaban J connectivity index is 2.55. The predicted octanol–water partition coefficient (Wildman–Crippen LogP) is 2.73. The Morgan fingerprint density at radius 1 is 1.42 bits per heavy atom. The first-order chi connectivity index (χ1) is 8.66. The van der Waals surface area contributed by atoms with Gasteiger partial charge in [0.1, 0.15) is 5.82 Å². The van der Waals surface area contributed by atoms with Crippen molar-refractivity contribution in [3.63, 3.8) is 0 Å². The van der Waals surface area contributed by atoms with Crippen molar-refractivity contribution in [2.24, 2.45) is 0 Å². The monoisotopic (exact) mass is 350 g/mol. The lowest BCUT2D eigenvalue weighted by atomic mass is 10.0.